The van der Waals surface area contributed by atoms with Crippen LogP contribution in [-0.4, -0.2) is 22.4 Å². The van der Waals surface area contributed by atoms with E-state index in [1.165, 1.54) is 11.8 Å². The Labute approximate surface area is 163 Å². The van der Waals surface area contributed by atoms with Crippen LogP contribution in [0.4, 0.5) is 17.2 Å². The van der Waals surface area contributed by atoms with E-state index in [-0.39, 0.29) is 5.91 Å². The average Bonchev–Trinajstić information content (AvgIpc) is 2.71. The Kier molecular flexibility index (Phi) is 4.77. The third-order valence-corrected chi connectivity index (χ3v) is 5.17. The first kappa shape index (κ1) is 17.5. The molecule has 1 aromatic heterocycles. The summed E-state index contributed by atoms with van der Waals surface area (Å²) in [7, 11) is 0. The van der Waals surface area contributed by atoms with Crippen LogP contribution in [0.5, 0.6) is 0 Å². The fourth-order valence-corrected chi connectivity index (χ4v) is 3.44. The van der Waals surface area contributed by atoms with E-state index in [2.05, 4.69) is 21.4 Å². The van der Waals surface area contributed by atoms with Gasteiger partial charge in [0.2, 0.25) is 0 Å². The molecule has 0 spiro atoms. The van der Waals surface area contributed by atoms with E-state index < -0.39 is 0 Å². The molecule has 4 rings (SSSR count). The summed E-state index contributed by atoms with van der Waals surface area (Å²) in [5, 5.41) is 3.88. The number of carbonyl (C=O) groups is 1. The van der Waals surface area contributed by atoms with Gasteiger partial charge in [0.1, 0.15) is 11.5 Å². The monoisotopic (exact) mass is 378 g/mol. The number of hydrogen-bond acceptors (Lipinski definition) is 4. The van der Waals surface area contributed by atoms with Crippen LogP contribution in [0.2, 0.25) is 5.02 Å². The molecule has 0 saturated carbocycles. The molecule has 0 radical (unpaired) electrons. The predicted molar refractivity (Wildman–Crippen MR) is 108 cm³/mol. The van der Waals surface area contributed by atoms with Crippen LogP contribution >= 0.6 is 11.6 Å². The highest BCUT2D eigenvalue weighted by atomic mass is 35.5. The van der Waals surface area contributed by atoms with Crippen molar-refractivity contribution in [2.24, 2.45) is 0 Å². The van der Waals surface area contributed by atoms with E-state index in [4.69, 9.17) is 11.6 Å². The molecule has 1 aliphatic rings. The first-order valence-corrected chi connectivity index (χ1v) is 9.25. The Hall–Kier alpha value is -2.92. The Bertz CT molecular complexity index is 988. The molecule has 0 bridgehead atoms. The molecule has 1 amide bonds. The van der Waals surface area contributed by atoms with Crippen molar-refractivity contribution in [3.8, 4) is 0 Å². The molecule has 6 heteroatoms. The number of amides is 1. The smallest absolute Gasteiger partial charge is 0.278 e. The first-order valence-electron chi connectivity index (χ1n) is 8.87. The third kappa shape index (κ3) is 3.51. The number of fused-ring (bicyclic) bond motifs is 1. The van der Waals surface area contributed by atoms with Gasteiger partial charge in [-0.15, -0.1) is 0 Å². The third-order valence-electron chi connectivity index (χ3n) is 4.76. The molecular formula is C21H19ClN4O. The molecule has 0 aliphatic carbocycles. The number of nitrogens with zero attached hydrogens (tertiary/aromatic N) is 3. The van der Waals surface area contributed by atoms with Gasteiger partial charge in [0.25, 0.3) is 5.91 Å². The summed E-state index contributed by atoms with van der Waals surface area (Å²) < 4.78 is 0. The molecule has 0 fully saturated rings. The van der Waals surface area contributed by atoms with E-state index in [0.717, 1.165) is 29.8 Å². The molecule has 1 N–H and O–H groups in total. The number of aryl methyl sites for hydroxylation is 1. The standard InChI is InChI=1S/C21H19ClN4O/c1-14-16(22)8-4-9-17(14)25-20-13-23-18(12-24-20)21(27)26-11-5-7-15-6-2-3-10-19(15)26/h2-4,6,8-10,12-13H,5,7,11H2,1H3,(H,24,25). The summed E-state index contributed by atoms with van der Waals surface area (Å²) in [6.45, 7) is 2.63. The molecule has 136 valence electrons. The fraction of sp³-hybridized carbons (Fsp3) is 0.190. The van der Waals surface area contributed by atoms with Crippen molar-refractivity contribution in [2.45, 2.75) is 19.8 Å². The normalized spacial score (nSPS) is 13.2. The average molecular weight is 379 g/mol. The van der Waals surface area contributed by atoms with Crippen molar-refractivity contribution in [2.75, 3.05) is 16.8 Å². The molecular weight excluding hydrogens is 360 g/mol. The Morgan fingerprint density at radius 1 is 1.11 bits per heavy atom. The van der Waals surface area contributed by atoms with Crippen LogP contribution in [0.3, 0.4) is 0 Å². The van der Waals surface area contributed by atoms with Gasteiger partial charge in [-0.2, -0.15) is 0 Å². The zero-order valence-electron chi connectivity index (χ0n) is 14.9. The molecule has 0 atom stereocenters. The number of carbonyl (C=O) groups excluding carboxylic acids is 1. The summed E-state index contributed by atoms with van der Waals surface area (Å²) in [6, 6.07) is 13.6. The predicted octanol–water partition coefficient (Wildman–Crippen LogP) is 4.78. The number of rotatable bonds is 3. The second-order valence-electron chi connectivity index (χ2n) is 6.51. The lowest BCUT2D eigenvalue weighted by Gasteiger charge is -2.29. The highest BCUT2D eigenvalue weighted by molar-refractivity contribution is 6.31. The van der Waals surface area contributed by atoms with Gasteiger partial charge in [-0.3, -0.25) is 4.79 Å². The molecule has 5 nitrogen and oxygen atoms in total. The number of para-hydroxylation sites is 1. The largest absolute Gasteiger partial charge is 0.339 e. The minimum atomic E-state index is -0.125. The van der Waals surface area contributed by atoms with E-state index in [0.29, 0.717) is 23.1 Å². The first-order chi connectivity index (χ1) is 13.1. The summed E-state index contributed by atoms with van der Waals surface area (Å²) in [4.78, 5) is 23.4. The molecule has 2 heterocycles. The van der Waals surface area contributed by atoms with Gasteiger partial charge in [-0.25, -0.2) is 9.97 Å². The molecule has 0 unspecified atom stereocenters. The van der Waals surface area contributed by atoms with Gasteiger partial charge in [-0.05, 0) is 49.1 Å². The number of nitrogens with one attached hydrogen (secondary N) is 1. The van der Waals surface area contributed by atoms with Crippen molar-refractivity contribution in [1.82, 2.24) is 9.97 Å². The highest BCUT2D eigenvalue weighted by Crippen LogP contribution is 2.28. The summed E-state index contributed by atoms with van der Waals surface area (Å²) >= 11 is 6.15. The van der Waals surface area contributed by atoms with Crippen molar-refractivity contribution < 1.29 is 4.79 Å². The van der Waals surface area contributed by atoms with Gasteiger partial charge in [0.05, 0.1) is 12.4 Å². The lowest BCUT2D eigenvalue weighted by atomic mass is 10.0. The Morgan fingerprint density at radius 2 is 1.96 bits per heavy atom. The number of anilines is 3. The number of benzene rings is 2. The second-order valence-corrected chi connectivity index (χ2v) is 6.92. The van der Waals surface area contributed by atoms with Crippen molar-refractivity contribution in [1.29, 1.82) is 0 Å². The minimum Gasteiger partial charge on any atom is -0.339 e. The van der Waals surface area contributed by atoms with Crippen LogP contribution in [0.1, 0.15) is 28.0 Å². The number of hydrogen-bond donors (Lipinski definition) is 1. The summed E-state index contributed by atoms with van der Waals surface area (Å²) in [5.74, 6) is 0.441. The summed E-state index contributed by atoms with van der Waals surface area (Å²) in [6.07, 6.45) is 5.03. The van der Waals surface area contributed by atoms with E-state index in [9.17, 15) is 4.79 Å². The van der Waals surface area contributed by atoms with E-state index in [1.807, 2.05) is 43.3 Å². The second kappa shape index (κ2) is 7.37. The van der Waals surface area contributed by atoms with Crippen molar-refractivity contribution in [3.63, 3.8) is 0 Å². The Balaban J connectivity index is 1.54. The SMILES string of the molecule is Cc1c(Cl)cccc1Nc1cnc(C(=O)N2CCCc3ccccc32)cn1. The van der Waals surface area contributed by atoms with E-state index >= 15 is 0 Å². The van der Waals surface area contributed by atoms with E-state index in [1.54, 1.807) is 11.1 Å². The zero-order valence-corrected chi connectivity index (χ0v) is 15.7. The maximum Gasteiger partial charge on any atom is 0.278 e. The maximum atomic E-state index is 12.9. The van der Waals surface area contributed by atoms with Gasteiger partial charge >= 0.3 is 0 Å². The van der Waals surface area contributed by atoms with Crippen LogP contribution in [0.15, 0.2) is 54.9 Å². The molecule has 3 aromatic rings. The number of aromatic nitrogens is 2. The van der Waals surface area contributed by atoms with Crippen LogP contribution in [-0.2, 0) is 6.42 Å². The van der Waals surface area contributed by atoms with Gasteiger partial charge in [0.15, 0.2) is 0 Å². The fourth-order valence-electron chi connectivity index (χ4n) is 3.27. The van der Waals surface area contributed by atoms with Gasteiger partial charge < -0.3 is 10.2 Å². The van der Waals surface area contributed by atoms with Crippen molar-refractivity contribution in [3.05, 3.63) is 76.7 Å². The van der Waals surface area contributed by atoms with Gasteiger partial charge in [-0.1, -0.05) is 35.9 Å². The molecule has 0 saturated heterocycles. The van der Waals surface area contributed by atoms with Crippen LogP contribution in [0.25, 0.3) is 0 Å². The topological polar surface area (TPSA) is 58.1 Å². The molecule has 1 aliphatic heterocycles. The lowest BCUT2D eigenvalue weighted by Crippen LogP contribution is -2.36. The van der Waals surface area contributed by atoms with Gasteiger partial charge in [0, 0.05) is 22.9 Å². The molecule has 27 heavy (non-hydrogen) atoms. The maximum absolute atomic E-state index is 12.9. The van der Waals surface area contributed by atoms with Crippen LogP contribution in [0, 0.1) is 6.92 Å². The number of halogens is 1. The summed E-state index contributed by atoms with van der Waals surface area (Å²) in [5.41, 5.74) is 4.29. The Morgan fingerprint density at radius 3 is 2.78 bits per heavy atom. The minimum absolute atomic E-state index is 0.125. The van der Waals surface area contributed by atoms with Crippen molar-refractivity contribution >= 4 is 34.7 Å². The molecule has 2 aromatic carbocycles. The zero-order chi connectivity index (χ0) is 18.8. The quantitative estimate of drug-likeness (QED) is 0.712. The highest BCUT2D eigenvalue weighted by Gasteiger charge is 2.24. The van der Waals surface area contributed by atoms with Crippen LogP contribution < -0.4 is 10.2 Å². The lowest BCUT2D eigenvalue weighted by molar-refractivity contribution is 0.0980.